The van der Waals surface area contributed by atoms with Gasteiger partial charge in [0.1, 0.15) is 11.2 Å². The summed E-state index contributed by atoms with van der Waals surface area (Å²) in [6.07, 6.45) is 0. The van der Waals surface area contributed by atoms with Gasteiger partial charge in [0.05, 0.1) is 0 Å². The Kier molecular flexibility index (Phi) is 7.51. The summed E-state index contributed by atoms with van der Waals surface area (Å²) in [7, 11) is 0. The number of para-hydroxylation sites is 1. The Hall–Kier alpha value is -6.72. The van der Waals surface area contributed by atoms with E-state index in [2.05, 4.69) is 126 Å². The number of benzene rings is 6. The maximum Gasteiger partial charge on any atom is 0.164 e. The minimum Gasteiger partial charge on any atom is -0.456 e. The van der Waals surface area contributed by atoms with Crippen molar-refractivity contribution in [1.29, 1.82) is 0 Å². The van der Waals surface area contributed by atoms with Crippen LogP contribution in [-0.4, -0.2) is 19.9 Å². The Labute approximate surface area is 296 Å². The van der Waals surface area contributed by atoms with Crippen molar-refractivity contribution in [3.8, 4) is 67.5 Å². The van der Waals surface area contributed by atoms with Gasteiger partial charge in [0, 0.05) is 38.9 Å². The molecule has 0 saturated carbocycles. The molecule has 0 spiro atoms. The molecule has 0 bridgehead atoms. The minimum atomic E-state index is 0.578. The van der Waals surface area contributed by atoms with Crippen molar-refractivity contribution in [3.05, 3.63) is 169 Å². The number of nitrogens with zero attached hydrogens (tertiary/aromatic N) is 4. The molecule has 51 heavy (non-hydrogen) atoms. The molecule has 3 aromatic heterocycles. The number of hydrogen-bond donors (Lipinski definition) is 0. The Morgan fingerprint density at radius 2 is 0.863 bits per heavy atom. The van der Waals surface area contributed by atoms with E-state index in [4.69, 9.17) is 19.4 Å². The second-order valence-electron chi connectivity index (χ2n) is 12.8. The SMILES string of the molecule is Cc1cc(-c2nc(-c3ccc(-c4c(-c5ccccc5)cccc4-c4ccccc4)cc3)nc(-c3ccc4c(c3)oc3ccccc34)n2)cc(C)n1. The van der Waals surface area contributed by atoms with Gasteiger partial charge in [0.2, 0.25) is 0 Å². The molecular formula is C46H32N4O. The molecule has 0 amide bonds. The van der Waals surface area contributed by atoms with E-state index in [0.29, 0.717) is 17.5 Å². The number of pyridine rings is 1. The predicted octanol–water partition coefficient (Wildman–Crippen LogP) is 11.8. The zero-order valence-corrected chi connectivity index (χ0v) is 28.2. The van der Waals surface area contributed by atoms with Crippen LogP contribution in [0.5, 0.6) is 0 Å². The fourth-order valence-corrected chi connectivity index (χ4v) is 6.96. The zero-order valence-electron chi connectivity index (χ0n) is 28.2. The highest BCUT2D eigenvalue weighted by atomic mass is 16.3. The first-order valence-electron chi connectivity index (χ1n) is 17.1. The van der Waals surface area contributed by atoms with Gasteiger partial charge in [-0.2, -0.15) is 0 Å². The molecule has 5 nitrogen and oxygen atoms in total. The Balaban J connectivity index is 1.19. The number of rotatable bonds is 6. The van der Waals surface area contributed by atoms with Crippen LogP contribution in [-0.2, 0) is 0 Å². The summed E-state index contributed by atoms with van der Waals surface area (Å²) in [5.41, 5.74) is 13.1. The van der Waals surface area contributed by atoms with Crippen LogP contribution in [0, 0.1) is 13.8 Å². The first-order valence-corrected chi connectivity index (χ1v) is 17.1. The van der Waals surface area contributed by atoms with Crippen molar-refractivity contribution in [1.82, 2.24) is 19.9 Å². The third kappa shape index (κ3) is 5.75. The minimum absolute atomic E-state index is 0.578. The zero-order chi connectivity index (χ0) is 34.3. The number of hydrogen-bond acceptors (Lipinski definition) is 5. The lowest BCUT2D eigenvalue weighted by Gasteiger charge is -2.17. The molecule has 5 heteroatoms. The molecular weight excluding hydrogens is 625 g/mol. The smallest absolute Gasteiger partial charge is 0.164 e. The van der Waals surface area contributed by atoms with Crippen LogP contribution >= 0.6 is 0 Å². The summed E-state index contributed by atoms with van der Waals surface area (Å²) < 4.78 is 6.23. The maximum absolute atomic E-state index is 6.23. The molecule has 0 aliphatic rings. The van der Waals surface area contributed by atoms with Gasteiger partial charge in [-0.3, -0.25) is 4.98 Å². The van der Waals surface area contributed by atoms with Crippen LogP contribution in [0.15, 0.2) is 162 Å². The van der Waals surface area contributed by atoms with Gasteiger partial charge in [-0.15, -0.1) is 0 Å². The van der Waals surface area contributed by atoms with E-state index >= 15 is 0 Å². The second-order valence-corrected chi connectivity index (χ2v) is 12.8. The molecule has 9 rings (SSSR count). The molecule has 9 aromatic rings. The van der Waals surface area contributed by atoms with E-state index < -0.39 is 0 Å². The van der Waals surface area contributed by atoms with Crippen molar-refractivity contribution in [2.45, 2.75) is 13.8 Å². The van der Waals surface area contributed by atoms with Crippen molar-refractivity contribution < 1.29 is 4.42 Å². The van der Waals surface area contributed by atoms with E-state index in [9.17, 15) is 0 Å². The van der Waals surface area contributed by atoms with Gasteiger partial charge < -0.3 is 4.42 Å². The van der Waals surface area contributed by atoms with Crippen molar-refractivity contribution in [3.63, 3.8) is 0 Å². The monoisotopic (exact) mass is 656 g/mol. The molecule has 0 unspecified atom stereocenters. The standard InChI is InChI=1S/C46H32N4O/c1-29-26-36(27-30(2)47-29)46-49-44(48-45(50-46)35-24-25-40-39-16-9-10-19-41(39)51-42(40)28-35)34-22-20-33(21-23-34)43-37(31-12-5-3-6-13-31)17-11-18-38(43)32-14-7-4-8-15-32/h3-28H,1-2H3. The first-order chi connectivity index (χ1) is 25.1. The predicted molar refractivity (Wildman–Crippen MR) is 207 cm³/mol. The Morgan fingerprint density at radius 1 is 0.353 bits per heavy atom. The number of fused-ring (bicyclic) bond motifs is 3. The number of aromatic nitrogens is 4. The number of aryl methyl sites for hydroxylation is 2. The van der Waals surface area contributed by atoms with Gasteiger partial charge >= 0.3 is 0 Å². The van der Waals surface area contributed by atoms with Gasteiger partial charge in [-0.05, 0) is 77.6 Å². The first kappa shape index (κ1) is 30.3. The van der Waals surface area contributed by atoms with Crippen LogP contribution in [0.2, 0.25) is 0 Å². The van der Waals surface area contributed by atoms with Crippen LogP contribution < -0.4 is 0 Å². The van der Waals surface area contributed by atoms with E-state index in [1.54, 1.807) is 0 Å². The second kappa shape index (κ2) is 12.6. The van der Waals surface area contributed by atoms with Gasteiger partial charge in [-0.1, -0.05) is 127 Å². The van der Waals surface area contributed by atoms with Crippen LogP contribution in [0.1, 0.15) is 11.4 Å². The van der Waals surface area contributed by atoms with E-state index in [0.717, 1.165) is 55.6 Å². The Morgan fingerprint density at radius 3 is 1.51 bits per heavy atom. The average molecular weight is 657 g/mol. The lowest BCUT2D eigenvalue weighted by molar-refractivity contribution is 0.669. The summed E-state index contributed by atoms with van der Waals surface area (Å²) >= 11 is 0. The Bertz CT molecular complexity index is 2620. The highest BCUT2D eigenvalue weighted by Crippen LogP contribution is 2.41. The largest absolute Gasteiger partial charge is 0.456 e. The highest BCUT2D eigenvalue weighted by molar-refractivity contribution is 6.05. The molecule has 0 N–H and O–H groups in total. The highest BCUT2D eigenvalue weighted by Gasteiger charge is 2.17. The van der Waals surface area contributed by atoms with E-state index in [1.807, 2.05) is 50.2 Å². The molecule has 3 heterocycles. The lowest BCUT2D eigenvalue weighted by Crippen LogP contribution is -2.01. The van der Waals surface area contributed by atoms with Crippen LogP contribution in [0.4, 0.5) is 0 Å². The summed E-state index contributed by atoms with van der Waals surface area (Å²) in [6.45, 7) is 3.98. The molecule has 0 saturated heterocycles. The van der Waals surface area contributed by atoms with Crippen LogP contribution in [0.25, 0.3) is 89.5 Å². The van der Waals surface area contributed by atoms with Gasteiger partial charge in [0.25, 0.3) is 0 Å². The summed E-state index contributed by atoms with van der Waals surface area (Å²) in [6, 6.07) is 54.6. The normalized spacial score (nSPS) is 11.3. The topological polar surface area (TPSA) is 64.7 Å². The molecule has 242 valence electrons. The van der Waals surface area contributed by atoms with Gasteiger partial charge in [0.15, 0.2) is 17.5 Å². The quantitative estimate of drug-likeness (QED) is 0.178. The van der Waals surface area contributed by atoms with Crippen molar-refractivity contribution in [2.75, 3.05) is 0 Å². The van der Waals surface area contributed by atoms with E-state index in [-0.39, 0.29) is 0 Å². The molecule has 6 aromatic carbocycles. The fraction of sp³-hybridized carbons (Fsp3) is 0.0435. The lowest BCUT2D eigenvalue weighted by atomic mass is 9.87. The maximum atomic E-state index is 6.23. The number of furan rings is 1. The van der Waals surface area contributed by atoms with Crippen molar-refractivity contribution in [2.24, 2.45) is 0 Å². The molecule has 0 aliphatic carbocycles. The molecule has 0 atom stereocenters. The molecule has 0 aliphatic heterocycles. The summed E-state index contributed by atoms with van der Waals surface area (Å²) in [5.74, 6) is 1.77. The fourth-order valence-electron chi connectivity index (χ4n) is 6.96. The third-order valence-electron chi connectivity index (χ3n) is 9.28. The molecule has 0 radical (unpaired) electrons. The van der Waals surface area contributed by atoms with Crippen molar-refractivity contribution >= 4 is 21.9 Å². The van der Waals surface area contributed by atoms with E-state index in [1.165, 1.54) is 27.8 Å². The van der Waals surface area contributed by atoms with Crippen LogP contribution in [0.3, 0.4) is 0 Å². The average Bonchev–Trinajstić information content (AvgIpc) is 3.56. The summed E-state index contributed by atoms with van der Waals surface area (Å²) in [4.78, 5) is 19.7. The molecule has 0 fully saturated rings. The third-order valence-corrected chi connectivity index (χ3v) is 9.28. The summed E-state index contributed by atoms with van der Waals surface area (Å²) in [5, 5.41) is 2.15. The van der Waals surface area contributed by atoms with Gasteiger partial charge in [-0.25, -0.2) is 15.0 Å².